The Balaban J connectivity index is 1.27. The number of esters is 1. The van der Waals surface area contributed by atoms with E-state index in [1.807, 2.05) is 25.2 Å². The van der Waals surface area contributed by atoms with Crippen LogP contribution in [0.25, 0.3) is 0 Å². The van der Waals surface area contributed by atoms with Crippen LogP contribution in [-0.2, 0) is 26.2 Å². The number of rotatable bonds is 4. The molecule has 0 N–H and O–H groups in total. The Morgan fingerprint density at radius 3 is 2.70 bits per heavy atom. The first kappa shape index (κ1) is 25.7. The number of nitrogens with zero attached hydrogens (tertiary/aromatic N) is 2. The van der Waals surface area contributed by atoms with Gasteiger partial charge in [-0.2, -0.15) is 0 Å². The molecular weight excluding hydrogens is 500 g/mol. The van der Waals surface area contributed by atoms with Crippen LogP contribution in [0.15, 0.2) is 36.4 Å². The van der Waals surface area contributed by atoms with Gasteiger partial charge in [0.1, 0.15) is 17.5 Å². The Morgan fingerprint density at radius 1 is 1.12 bits per heavy atom. The second kappa shape index (κ2) is 9.11. The van der Waals surface area contributed by atoms with Gasteiger partial charge in [0.25, 0.3) is 5.91 Å². The number of benzene rings is 2. The zero-order chi connectivity index (χ0) is 27.8. The summed E-state index contributed by atoms with van der Waals surface area (Å²) in [5.41, 5.74) is 4.58. The van der Waals surface area contributed by atoms with Crippen molar-refractivity contribution in [3.05, 3.63) is 64.2 Å². The molecule has 6 nitrogen and oxygen atoms in total. The summed E-state index contributed by atoms with van der Waals surface area (Å²) in [6, 6.07) is 12.3. The number of ether oxygens (including phenoxy) is 2. The third-order valence-corrected chi connectivity index (χ3v) is 10.6. The van der Waals surface area contributed by atoms with Crippen LogP contribution in [0.4, 0.5) is 0 Å². The normalized spacial score (nSPS) is 31.4. The first-order valence-corrected chi connectivity index (χ1v) is 14.8. The van der Waals surface area contributed by atoms with E-state index in [2.05, 4.69) is 48.8 Å². The Labute approximate surface area is 237 Å². The number of hydrogen-bond acceptors (Lipinski definition) is 5. The molecule has 2 saturated carbocycles. The van der Waals surface area contributed by atoms with Crippen molar-refractivity contribution in [3.63, 3.8) is 0 Å². The Morgan fingerprint density at radius 2 is 1.95 bits per heavy atom. The molecule has 0 aromatic heterocycles. The van der Waals surface area contributed by atoms with E-state index in [-0.39, 0.29) is 30.1 Å². The van der Waals surface area contributed by atoms with E-state index < -0.39 is 11.0 Å². The lowest BCUT2D eigenvalue weighted by atomic mass is 9.48. The molecular formula is C34H38N2O4. The lowest BCUT2D eigenvalue weighted by Gasteiger charge is -2.65. The average Bonchev–Trinajstić information content (AvgIpc) is 3.67. The largest absolute Gasteiger partial charge is 0.487 e. The van der Waals surface area contributed by atoms with E-state index in [4.69, 9.17) is 9.47 Å². The highest BCUT2D eigenvalue weighted by Gasteiger charge is 2.75. The molecule has 1 saturated heterocycles. The minimum atomic E-state index is -0.665. The molecule has 0 unspecified atom stereocenters. The first-order chi connectivity index (χ1) is 19.2. The number of piperidine rings is 1. The van der Waals surface area contributed by atoms with Crippen molar-refractivity contribution in [2.45, 2.75) is 88.5 Å². The maximum Gasteiger partial charge on any atom is 0.303 e. The molecule has 7 rings (SSSR count). The zero-order valence-corrected chi connectivity index (χ0v) is 24.0. The van der Waals surface area contributed by atoms with Crippen molar-refractivity contribution in [1.82, 2.24) is 9.80 Å². The molecule has 6 heteroatoms. The van der Waals surface area contributed by atoms with E-state index in [0.29, 0.717) is 12.8 Å². The van der Waals surface area contributed by atoms with E-state index in [9.17, 15) is 9.59 Å². The number of carbonyl (C=O) groups excluding carboxylic acids is 2. The van der Waals surface area contributed by atoms with Gasteiger partial charge in [-0.1, -0.05) is 24.1 Å². The topological polar surface area (TPSA) is 59.1 Å². The number of hydrogen-bond donors (Lipinski definition) is 0. The predicted octanol–water partition coefficient (Wildman–Crippen LogP) is 4.32. The van der Waals surface area contributed by atoms with Crippen molar-refractivity contribution in [2.75, 3.05) is 20.1 Å². The van der Waals surface area contributed by atoms with Crippen LogP contribution in [0, 0.1) is 31.6 Å². The van der Waals surface area contributed by atoms with Crippen LogP contribution in [-0.4, -0.2) is 65.6 Å². The lowest BCUT2D eigenvalue weighted by molar-refractivity contribution is -0.223. The van der Waals surface area contributed by atoms with Crippen LogP contribution in [0.1, 0.15) is 66.8 Å². The Hall–Kier alpha value is -3.30. The third kappa shape index (κ3) is 3.66. The molecule has 0 radical (unpaired) electrons. The van der Waals surface area contributed by atoms with Gasteiger partial charge in [-0.05, 0) is 99.7 Å². The summed E-state index contributed by atoms with van der Waals surface area (Å²) >= 11 is 0. The number of aryl methyl sites for hydroxylation is 2. The van der Waals surface area contributed by atoms with Gasteiger partial charge in [-0.3, -0.25) is 14.5 Å². The molecule has 2 aromatic rings. The number of likely N-dealkylation sites (N-methyl/N-ethyl adjacent to an activating group) is 1. The van der Waals surface area contributed by atoms with Crippen molar-refractivity contribution < 1.29 is 19.1 Å². The van der Waals surface area contributed by atoms with Gasteiger partial charge < -0.3 is 14.4 Å². The molecule has 3 fully saturated rings. The molecule has 2 aromatic carbocycles. The van der Waals surface area contributed by atoms with Crippen LogP contribution in [0.2, 0.25) is 0 Å². The first-order valence-electron chi connectivity index (χ1n) is 14.8. The van der Waals surface area contributed by atoms with E-state index in [0.717, 1.165) is 48.7 Å². The fourth-order valence-corrected chi connectivity index (χ4v) is 8.44. The van der Waals surface area contributed by atoms with Crippen LogP contribution >= 0.6 is 0 Å². The molecule has 2 aliphatic heterocycles. The standard InChI is InChI=1S/C34H38N2O4/c1-21-8-9-24(18-22(21)2)12-13-30(38)35(4)27-14-15-34(40-23(3)37)29-19-26-6-5-7-28-31(26)33(34,32(27)39-28)16-17-36(29)20-25-10-11-25/h5-9,18,25,27,29,32H,10-11,14-17,19-20H2,1-4H3/t27-,29-,32+,33+,34-/m1/s1. The minimum Gasteiger partial charge on any atom is -0.487 e. The quantitative estimate of drug-likeness (QED) is 0.429. The SMILES string of the molecule is CC(=O)O[C@@]12CC[C@@H](N(C)C(=O)C#Cc3ccc(C)c(C)c3)[C@@H]3Oc4cccc5c4[C@@]31CCN(CC1CC1)[C@@H]2C5. The van der Waals surface area contributed by atoms with E-state index >= 15 is 0 Å². The summed E-state index contributed by atoms with van der Waals surface area (Å²) in [6.07, 6.45) is 5.41. The molecule has 2 heterocycles. The molecule has 2 bridgehead atoms. The van der Waals surface area contributed by atoms with Crippen molar-refractivity contribution in [2.24, 2.45) is 5.92 Å². The maximum absolute atomic E-state index is 13.5. The summed E-state index contributed by atoms with van der Waals surface area (Å²) < 4.78 is 13.4. The van der Waals surface area contributed by atoms with Gasteiger partial charge in [0, 0.05) is 37.6 Å². The fraction of sp³-hybridized carbons (Fsp3) is 0.529. The summed E-state index contributed by atoms with van der Waals surface area (Å²) in [5.74, 6) is 7.19. The molecule has 208 valence electrons. The molecule has 3 aliphatic carbocycles. The Bertz CT molecular complexity index is 1470. The maximum atomic E-state index is 13.5. The monoisotopic (exact) mass is 538 g/mol. The number of amides is 1. The third-order valence-electron chi connectivity index (χ3n) is 10.6. The van der Waals surface area contributed by atoms with E-state index in [1.54, 1.807) is 11.8 Å². The lowest BCUT2D eigenvalue weighted by Crippen LogP contribution is -2.79. The fourth-order valence-electron chi connectivity index (χ4n) is 8.44. The van der Waals surface area contributed by atoms with Crippen LogP contribution < -0.4 is 4.74 Å². The van der Waals surface area contributed by atoms with Crippen molar-refractivity contribution in [3.8, 4) is 17.6 Å². The summed E-state index contributed by atoms with van der Waals surface area (Å²) in [6.45, 7) is 7.70. The van der Waals surface area contributed by atoms with Crippen molar-refractivity contribution in [1.29, 1.82) is 0 Å². The van der Waals surface area contributed by atoms with Gasteiger partial charge in [0.2, 0.25) is 0 Å². The van der Waals surface area contributed by atoms with Crippen LogP contribution in [0.3, 0.4) is 0 Å². The summed E-state index contributed by atoms with van der Waals surface area (Å²) in [7, 11) is 1.85. The minimum absolute atomic E-state index is 0.115. The van der Waals surface area contributed by atoms with Gasteiger partial charge in [0.05, 0.1) is 17.5 Å². The van der Waals surface area contributed by atoms with Crippen molar-refractivity contribution >= 4 is 11.9 Å². The van der Waals surface area contributed by atoms with Gasteiger partial charge in [-0.15, -0.1) is 0 Å². The van der Waals surface area contributed by atoms with Gasteiger partial charge in [0.15, 0.2) is 0 Å². The molecule has 40 heavy (non-hydrogen) atoms. The highest BCUT2D eigenvalue weighted by atomic mass is 16.6. The molecule has 5 aliphatic rings. The zero-order valence-electron chi connectivity index (χ0n) is 24.0. The number of carbonyl (C=O) groups is 2. The summed E-state index contributed by atoms with van der Waals surface area (Å²) in [5, 5.41) is 0. The van der Waals surface area contributed by atoms with E-state index in [1.165, 1.54) is 29.5 Å². The summed E-state index contributed by atoms with van der Waals surface area (Å²) in [4.78, 5) is 30.7. The second-order valence-electron chi connectivity index (χ2n) is 12.8. The van der Waals surface area contributed by atoms with Gasteiger partial charge >= 0.3 is 5.97 Å². The number of likely N-dealkylation sites (tertiary alicyclic amines) is 1. The molecule has 5 atom stereocenters. The highest BCUT2D eigenvalue weighted by Crippen LogP contribution is 2.65. The smallest absolute Gasteiger partial charge is 0.303 e. The average molecular weight is 539 g/mol. The van der Waals surface area contributed by atoms with Gasteiger partial charge in [-0.25, -0.2) is 0 Å². The predicted molar refractivity (Wildman–Crippen MR) is 152 cm³/mol. The Kier molecular flexibility index (Phi) is 5.84. The highest BCUT2D eigenvalue weighted by molar-refractivity contribution is 5.94. The van der Waals surface area contributed by atoms with Crippen LogP contribution in [0.5, 0.6) is 5.75 Å². The molecule has 1 amide bonds. The second-order valence-corrected chi connectivity index (χ2v) is 12.8. The molecule has 1 spiro atoms.